The molecule has 0 radical (unpaired) electrons. The van der Waals surface area contributed by atoms with Crippen molar-refractivity contribution in [3.8, 4) is 0 Å². The minimum Gasteiger partial charge on any atom is -0.391 e. The van der Waals surface area contributed by atoms with Crippen LogP contribution >= 0.6 is 0 Å². The number of likely N-dealkylation sites (tertiary alicyclic amines) is 1. The number of carbonyl (C=O) groups excluding carboxylic acids is 1. The van der Waals surface area contributed by atoms with Crippen molar-refractivity contribution in [2.75, 3.05) is 19.7 Å². The van der Waals surface area contributed by atoms with E-state index in [1.807, 2.05) is 30.3 Å². The molecule has 1 amide bonds. The second-order valence-corrected chi connectivity index (χ2v) is 5.47. The zero-order chi connectivity index (χ0) is 12.8. The molecule has 0 N–H and O–H groups in total. The van der Waals surface area contributed by atoms with Crippen molar-refractivity contribution in [2.24, 2.45) is 0 Å². The molecule has 1 unspecified atom stereocenters. The van der Waals surface area contributed by atoms with Crippen LogP contribution in [0.15, 0.2) is 30.3 Å². The van der Waals surface area contributed by atoms with Gasteiger partial charge in [0.2, 0.25) is 5.91 Å². The zero-order valence-electron chi connectivity index (χ0n) is 10.2. The number of hydrogen-bond donors (Lipinski definition) is 0. The second-order valence-electron chi connectivity index (χ2n) is 4.39. The fraction of sp³-hybridized carbons (Fsp3) is 0.462. The van der Waals surface area contributed by atoms with Crippen molar-refractivity contribution in [1.29, 1.82) is 0 Å². The first-order valence-corrected chi connectivity index (χ1v) is 7.31. The highest BCUT2D eigenvalue weighted by Gasteiger charge is 2.30. The SMILES string of the molecule is O=[SiH]C1CCN(CCOCc2ccccc2)C1=O. The van der Waals surface area contributed by atoms with Crippen LogP contribution in [0.1, 0.15) is 12.0 Å². The van der Waals surface area contributed by atoms with E-state index in [1.54, 1.807) is 4.90 Å². The highest BCUT2D eigenvalue weighted by atomic mass is 28.2. The summed E-state index contributed by atoms with van der Waals surface area (Å²) in [4.78, 5) is 13.4. The lowest BCUT2D eigenvalue weighted by atomic mass is 10.2. The van der Waals surface area contributed by atoms with E-state index in [0.717, 1.165) is 12.0 Å². The van der Waals surface area contributed by atoms with Crippen LogP contribution in [0.5, 0.6) is 0 Å². The lowest BCUT2D eigenvalue weighted by Crippen LogP contribution is -2.30. The van der Waals surface area contributed by atoms with Gasteiger partial charge in [-0.3, -0.25) is 4.79 Å². The van der Waals surface area contributed by atoms with Gasteiger partial charge in [-0.15, -0.1) is 0 Å². The maximum absolute atomic E-state index is 11.7. The van der Waals surface area contributed by atoms with Crippen LogP contribution in [-0.4, -0.2) is 39.9 Å². The van der Waals surface area contributed by atoms with Gasteiger partial charge in [0.05, 0.1) is 18.8 Å². The monoisotopic (exact) mass is 263 g/mol. The Morgan fingerprint density at radius 1 is 1.33 bits per heavy atom. The average molecular weight is 263 g/mol. The predicted molar refractivity (Wildman–Crippen MR) is 68.9 cm³/mol. The Bertz CT molecular complexity index is 410. The van der Waals surface area contributed by atoms with Crippen LogP contribution in [0.25, 0.3) is 0 Å². The first-order chi connectivity index (χ1) is 8.81. The number of amides is 1. The van der Waals surface area contributed by atoms with Crippen LogP contribution in [0.2, 0.25) is 5.54 Å². The summed E-state index contributed by atoms with van der Waals surface area (Å²) < 4.78 is 16.3. The standard InChI is InChI=1S/C13H17NO3Si/c15-13-12(18-16)6-7-14(13)8-9-17-10-11-4-2-1-3-5-11/h1-5,12,18H,6-10H2. The summed E-state index contributed by atoms with van der Waals surface area (Å²) in [6.07, 6.45) is 0.732. The molecule has 1 aromatic carbocycles. The van der Waals surface area contributed by atoms with Crippen molar-refractivity contribution in [1.82, 2.24) is 4.90 Å². The average Bonchev–Trinajstić information content (AvgIpc) is 2.77. The topological polar surface area (TPSA) is 46.6 Å². The molecule has 0 saturated carbocycles. The number of nitrogens with zero attached hydrogens (tertiary/aromatic N) is 1. The fourth-order valence-corrected chi connectivity index (χ4v) is 2.66. The molecule has 5 heteroatoms. The van der Waals surface area contributed by atoms with E-state index in [9.17, 15) is 9.26 Å². The summed E-state index contributed by atoms with van der Waals surface area (Å²) in [5.74, 6) is 0.0308. The van der Waals surface area contributed by atoms with Crippen molar-refractivity contribution >= 4 is 15.3 Å². The van der Waals surface area contributed by atoms with Gasteiger partial charge in [0.1, 0.15) is 0 Å². The Kier molecular flexibility index (Phi) is 4.78. The number of carbonyl (C=O) groups is 1. The van der Waals surface area contributed by atoms with Gasteiger partial charge in [-0.1, -0.05) is 30.3 Å². The predicted octanol–water partition coefficient (Wildman–Crippen LogP) is 1.01. The van der Waals surface area contributed by atoms with Gasteiger partial charge in [0.15, 0.2) is 0 Å². The van der Waals surface area contributed by atoms with Gasteiger partial charge in [-0.05, 0) is 12.0 Å². The van der Waals surface area contributed by atoms with Crippen molar-refractivity contribution in [2.45, 2.75) is 18.6 Å². The number of benzene rings is 1. The summed E-state index contributed by atoms with van der Waals surface area (Å²) in [5.41, 5.74) is 0.909. The van der Waals surface area contributed by atoms with Gasteiger partial charge in [0, 0.05) is 13.1 Å². The van der Waals surface area contributed by atoms with E-state index in [-0.39, 0.29) is 11.4 Å². The Morgan fingerprint density at radius 2 is 2.11 bits per heavy atom. The van der Waals surface area contributed by atoms with Crippen molar-refractivity contribution in [3.63, 3.8) is 0 Å². The van der Waals surface area contributed by atoms with Gasteiger partial charge in [-0.2, -0.15) is 0 Å². The number of rotatable bonds is 6. The first kappa shape index (κ1) is 13.1. The molecule has 1 heterocycles. The Hall–Kier alpha value is -1.33. The summed E-state index contributed by atoms with van der Waals surface area (Å²) in [6, 6.07) is 9.95. The molecular formula is C13H17NO3Si. The lowest BCUT2D eigenvalue weighted by molar-refractivity contribution is -0.128. The molecule has 0 spiro atoms. The van der Waals surface area contributed by atoms with Crippen LogP contribution in [0, 0.1) is 0 Å². The Labute approximate surface area is 109 Å². The molecule has 1 saturated heterocycles. The summed E-state index contributed by atoms with van der Waals surface area (Å²) in [5, 5.41) is 0. The molecule has 96 valence electrons. The Morgan fingerprint density at radius 3 is 2.78 bits per heavy atom. The third-order valence-electron chi connectivity index (χ3n) is 3.12. The van der Waals surface area contributed by atoms with Gasteiger partial charge in [-0.25, -0.2) is 0 Å². The molecule has 1 aliphatic rings. The lowest BCUT2D eigenvalue weighted by Gasteiger charge is -2.15. The summed E-state index contributed by atoms with van der Waals surface area (Å²) in [7, 11) is -0.981. The molecular weight excluding hydrogens is 246 g/mol. The van der Waals surface area contributed by atoms with Crippen LogP contribution < -0.4 is 0 Å². The molecule has 2 rings (SSSR count). The summed E-state index contributed by atoms with van der Waals surface area (Å²) in [6.45, 7) is 2.41. The zero-order valence-corrected chi connectivity index (χ0v) is 11.4. The molecule has 0 aromatic heterocycles. The maximum Gasteiger partial charge on any atom is 0.274 e. The number of hydrogen-bond acceptors (Lipinski definition) is 3. The van der Waals surface area contributed by atoms with E-state index in [0.29, 0.717) is 26.3 Å². The molecule has 1 aliphatic heterocycles. The smallest absolute Gasteiger partial charge is 0.274 e. The molecule has 1 aromatic rings. The second kappa shape index (κ2) is 6.56. The third kappa shape index (κ3) is 3.33. The number of ether oxygens (including phenoxy) is 1. The molecule has 1 fully saturated rings. The largest absolute Gasteiger partial charge is 0.391 e. The molecule has 18 heavy (non-hydrogen) atoms. The maximum atomic E-state index is 11.7. The van der Waals surface area contributed by atoms with E-state index < -0.39 is 9.41 Å². The quantitative estimate of drug-likeness (QED) is 0.568. The van der Waals surface area contributed by atoms with Gasteiger partial charge < -0.3 is 14.1 Å². The van der Waals surface area contributed by atoms with Gasteiger partial charge >= 0.3 is 0 Å². The van der Waals surface area contributed by atoms with Crippen molar-refractivity contribution in [3.05, 3.63) is 35.9 Å². The van der Waals surface area contributed by atoms with Gasteiger partial charge in [0.25, 0.3) is 9.41 Å². The van der Waals surface area contributed by atoms with Crippen LogP contribution in [0.4, 0.5) is 0 Å². The Balaban J connectivity index is 1.67. The molecule has 1 atom stereocenters. The minimum absolute atomic E-state index is 0.0308. The van der Waals surface area contributed by atoms with E-state index in [2.05, 4.69) is 0 Å². The molecule has 4 nitrogen and oxygen atoms in total. The molecule has 0 bridgehead atoms. The van der Waals surface area contributed by atoms with Crippen LogP contribution in [0.3, 0.4) is 0 Å². The minimum atomic E-state index is -0.981. The molecule has 0 aliphatic carbocycles. The fourth-order valence-electron chi connectivity index (χ4n) is 2.05. The van der Waals surface area contributed by atoms with Crippen LogP contribution in [-0.2, 0) is 20.6 Å². The highest BCUT2D eigenvalue weighted by Crippen LogP contribution is 2.20. The van der Waals surface area contributed by atoms with E-state index in [1.165, 1.54) is 0 Å². The summed E-state index contributed by atoms with van der Waals surface area (Å²) >= 11 is 0. The normalized spacial score (nSPS) is 19.2. The third-order valence-corrected chi connectivity index (χ3v) is 4.07. The first-order valence-electron chi connectivity index (χ1n) is 6.17. The van der Waals surface area contributed by atoms with E-state index >= 15 is 0 Å². The highest BCUT2D eigenvalue weighted by molar-refractivity contribution is 6.30. The van der Waals surface area contributed by atoms with E-state index in [4.69, 9.17) is 4.74 Å². The van der Waals surface area contributed by atoms with Crippen molar-refractivity contribution < 1.29 is 14.0 Å².